The molecule has 0 bridgehead atoms. The topological polar surface area (TPSA) is 139 Å². The first-order valence-corrected chi connectivity index (χ1v) is 14.5. The van der Waals surface area contributed by atoms with Crippen LogP contribution >= 0.6 is 23.1 Å². The quantitative estimate of drug-likeness (QED) is 0.189. The molecule has 5 amide bonds. The predicted molar refractivity (Wildman–Crippen MR) is 163 cm³/mol. The van der Waals surface area contributed by atoms with Crippen molar-refractivity contribution in [1.82, 2.24) is 5.32 Å². The molecule has 4 N–H and O–H groups in total. The number of amides is 5. The molecule has 5 rings (SSSR count). The van der Waals surface area contributed by atoms with E-state index in [0.717, 1.165) is 14.7 Å². The predicted octanol–water partition coefficient (Wildman–Crippen LogP) is 4.68. The molecule has 42 heavy (non-hydrogen) atoms. The van der Waals surface area contributed by atoms with Gasteiger partial charge in [0.2, 0.25) is 17.7 Å². The number of thiophene rings is 1. The molecule has 1 fully saturated rings. The number of rotatable bonds is 9. The summed E-state index contributed by atoms with van der Waals surface area (Å²) in [6, 6.07) is 25.1. The van der Waals surface area contributed by atoms with Crippen LogP contribution < -0.4 is 21.3 Å². The molecule has 1 aromatic heterocycles. The van der Waals surface area contributed by atoms with Gasteiger partial charge in [-0.05, 0) is 78.2 Å². The standard InChI is InChI=1S/C31H24N4O5S2/c32-28(37)19-8-12-22(13-9-19)35-27(36)18-26(31(35)40)42-23-14-10-21(11-15-23)33-30(39)25(17-24-7-4-16-41-24)34-29(38)20-5-2-1-3-6-20/h1-17,26H,18H2,(H2,32,37)(H,33,39)(H,34,38)/b25-17-. The number of carbonyl (C=O) groups is 5. The second kappa shape index (κ2) is 12.7. The Kier molecular flexibility index (Phi) is 8.60. The molecule has 0 spiro atoms. The molecule has 0 saturated carbocycles. The van der Waals surface area contributed by atoms with Gasteiger partial charge >= 0.3 is 0 Å². The van der Waals surface area contributed by atoms with E-state index in [-0.39, 0.29) is 29.5 Å². The highest BCUT2D eigenvalue weighted by atomic mass is 32.2. The van der Waals surface area contributed by atoms with Crippen LogP contribution in [0.25, 0.3) is 6.08 Å². The van der Waals surface area contributed by atoms with E-state index in [0.29, 0.717) is 16.9 Å². The van der Waals surface area contributed by atoms with Crippen LogP contribution in [0.4, 0.5) is 11.4 Å². The second-order valence-corrected chi connectivity index (χ2v) is 11.4. The van der Waals surface area contributed by atoms with Crippen LogP contribution in [-0.2, 0) is 14.4 Å². The molecular weight excluding hydrogens is 572 g/mol. The fourth-order valence-electron chi connectivity index (χ4n) is 4.18. The monoisotopic (exact) mass is 596 g/mol. The van der Waals surface area contributed by atoms with E-state index in [1.807, 2.05) is 17.5 Å². The first kappa shape index (κ1) is 28.5. The summed E-state index contributed by atoms with van der Waals surface area (Å²) in [5.74, 6) is -2.19. The van der Waals surface area contributed by atoms with Gasteiger partial charge in [0.15, 0.2) is 0 Å². The van der Waals surface area contributed by atoms with Gasteiger partial charge < -0.3 is 16.4 Å². The third-order valence-electron chi connectivity index (χ3n) is 6.26. The highest BCUT2D eigenvalue weighted by Crippen LogP contribution is 2.34. The Balaban J connectivity index is 1.24. The van der Waals surface area contributed by atoms with Crippen molar-refractivity contribution in [1.29, 1.82) is 0 Å². The van der Waals surface area contributed by atoms with E-state index in [9.17, 15) is 24.0 Å². The number of benzene rings is 3. The van der Waals surface area contributed by atoms with Crippen molar-refractivity contribution in [3.05, 3.63) is 118 Å². The molecule has 9 nitrogen and oxygen atoms in total. The fraction of sp³-hybridized carbons (Fsp3) is 0.0645. The molecule has 1 aliphatic heterocycles. The highest BCUT2D eigenvalue weighted by Gasteiger charge is 2.40. The highest BCUT2D eigenvalue weighted by molar-refractivity contribution is 8.00. The summed E-state index contributed by atoms with van der Waals surface area (Å²) >= 11 is 2.68. The third-order valence-corrected chi connectivity index (χ3v) is 8.28. The summed E-state index contributed by atoms with van der Waals surface area (Å²) in [6.45, 7) is 0. The number of hydrogen-bond acceptors (Lipinski definition) is 7. The lowest BCUT2D eigenvalue weighted by Gasteiger charge is -2.15. The minimum absolute atomic E-state index is 0.0253. The van der Waals surface area contributed by atoms with Crippen molar-refractivity contribution in [2.75, 3.05) is 10.2 Å². The number of nitrogens with zero attached hydrogens (tertiary/aromatic N) is 1. The Hall–Kier alpha value is -5.00. The van der Waals surface area contributed by atoms with Crippen LogP contribution in [0.1, 0.15) is 32.0 Å². The molecule has 1 atom stereocenters. The Morgan fingerprint density at radius 1 is 0.881 bits per heavy atom. The number of thioether (sulfide) groups is 1. The first-order valence-electron chi connectivity index (χ1n) is 12.7. The first-order chi connectivity index (χ1) is 20.3. The van der Waals surface area contributed by atoms with Crippen molar-refractivity contribution >= 4 is 70.1 Å². The van der Waals surface area contributed by atoms with Crippen molar-refractivity contribution in [3.8, 4) is 0 Å². The van der Waals surface area contributed by atoms with E-state index in [4.69, 9.17) is 5.73 Å². The molecule has 3 aromatic carbocycles. The second-order valence-electron chi connectivity index (χ2n) is 9.16. The largest absolute Gasteiger partial charge is 0.366 e. The summed E-state index contributed by atoms with van der Waals surface area (Å²) < 4.78 is 0. The van der Waals surface area contributed by atoms with E-state index in [1.165, 1.54) is 47.4 Å². The van der Waals surface area contributed by atoms with Crippen LogP contribution in [0.2, 0.25) is 0 Å². The maximum absolute atomic E-state index is 13.2. The normalized spacial score (nSPS) is 15.0. The van der Waals surface area contributed by atoms with Crippen molar-refractivity contribution in [2.24, 2.45) is 5.73 Å². The summed E-state index contributed by atoms with van der Waals surface area (Å²) in [5, 5.41) is 6.75. The number of nitrogens with two attached hydrogens (primary N) is 1. The number of carbonyl (C=O) groups excluding carboxylic acids is 5. The lowest BCUT2D eigenvalue weighted by molar-refractivity contribution is -0.121. The van der Waals surface area contributed by atoms with E-state index in [1.54, 1.807) is 60.7 Å². The number of hydrogen-bond donors (Lipinski definition) is 3. The third kappa shape index (κ3) is 6.65. The Morgan fingerprint density at radius 3 is 2.24 bits per heavy atom. The van der Waals surface area contributed by atoms with Crippen LogP contribution in [0.5, 0.6) is 0 Å². The lowest BCUT2D eigenvalue weighted by Crippen LogP contribution is -2.31. The van der Waals surface area contributed by atoms with Crippen LogP contribution in [0, 0.1) is 0 Å². The minimum atomic E-state index is -0.623. The molecule has 1 aliphatic rings. The zero-order valence-corrected chi connectivity index (χ0v) is 23.6. The fourth-order valence-corrected chi connectivity index (χ4v) is 5.89. The molecule has 11 heteroatoms. The maximum atomic E-state index is 13.2. The lowest BCUT2D eigenvalue weighted by atomic mass is 10.2. The van der Waals surface area contributed by atoms with Gasteiger partial charge in [0, 0.05) is 33.0 Å². The van der Waals surface area contributed by atoms with Gasteiger partial charge in [0.1, 0.15) is 5.70 Å². The summed E-state index contributed by atoms with van der Waals surface area (Å²) in [7, 11) is 0. The summed E-state index contributed by atoms with van der Waals surface area (Å²) in [6.07, 6.45) is 1.64. The van der Waals surface area contributed by atoms with E-state index >= 15 is 0 Å². The Labute approximate surface area is 249 Å². The summed E-state index contributed by atoms with van der Waals surface area (Å²) in [5.41, 5.74) is 6.92. The molecule has 0 radical (unpaired) electrons. The minimum Gasteiger partial charge on any atom is -0.366 e. The number of anilines is 2. The molecule has 1 saturated heterocycles. The molecular formula is C31H24N4O5S2. The van der Waals surface area contributed by atoms with Gasteiger partial charge in [-0.15, -0.1) is 23.1 Å². The molecule has 2 heterocycles. The van der Waals surface area contributed by atoms with Gasteiger partial charge in [-0.25, -0.2) is 4.90 Å². The van der Waals surface area contributed by atoms with Gasteiger partial charge in [-0.1, -0.05) is 24.3 Å². The van der Waals surface area contributed by atoms with Gasteiger partial charge in [0.05, 0.1) is 10.9 Å². The van der Waals surface area contributed by atoms with Crippen molar-refractivity contribution < 1.29 is 24.0 Å². The summed E-state index contributed by atoms with van der Waals surface area (Å²) in [4.78, 5) is 65.6. The molecule has 4 aromatic rings. The molecule has 210 valence electrons. The average Bonchev–Trinajstić information content (AvgIpc) is 3.61. The number of imide groups is 1. The zero-order valence-electron chi connectivity index (χ0n) is 22.0. The molecule has 0 aliphatic carbocycles. The number of nitrogens with one attached hydrogen (secondary N) is 2. The van der Waals surface area contributed by atoms with Gasteiger partial charge in [-0.2, -0.15) is 0 Å². The van der Waals surface area contributed by atoms with Crippen LogP contribution in [-0.4, -0.2) is 34.8 Å². The Bertz CT molecular complexity index is 1670. The molecule has 1 unspecified atom stereocenters. The average molecular weight is 597 g/mol. The van der Waals surface area contributed by atoms with Gasteiger partial charge in [0.25, 0.3) is 11.8 Å². The van der Waals surface area contributed by atoms with Crippen molar-refractivity contribution in [2.45, 2.75) is 16.6 Å². The number of primary amides is 1. The maximum Gasteiger partial charge on any atom is 0.272 e. The van der Waals surface area contributed by atoms with Crippen LogP contribution in [0.3, 0.4) is 0 Å². The SMILES string of the molecule is NC(=O)c1ccc(N2C(=O)CC(Sc3ccc(NC(=O)/C(=C/c4cccs4)NC(=O)c4ccccc4)cc3)C2=O)cc1. The van der Waals surface area contributed by atoms with Gasteiger partial charge in [-0.3, -0.25) is 24.0 Å². The van der Waals surface area contributed by atoms with Crippen LogP contribution in [0.15, 0.2) is 107 Å². The van der Waals surface area contributed by atoms with E-state index in [2.05, 4.69) is 10.6 Å². The van der Waals surface area contributed by atoms with Crippen molar-refractivity contribution in [3.63, 3.8) is 0 Å². The Morgan fingerprint density at radius 2 is 1.60 bits per heavy atom. The van der Waals surface area contributed by atoms with E-state index < -0.39 is 23.0 Å². The zero-order chi connectivity index (χ0) is 29.6. The smallest absolute Gasteiger partial charge is 0.272 e.